The maximum Gasteiger partial charge on any atom is 0.134 e. The molecule has 0 spiro atoms. The van der Waals surface area contributed by atoms with E-state index >= 15 is 0 Å². The summed E-state index contributed by atoms with van der Waals surface area (Å²) < 4.78 is 11.4. The van der Waals surface area contributed by atoms with Crippen LogP contribution in [0.4, 0.5) is 0 Å². The van der Waals surface area contributed by atoms with Gasteiger partial charge in [0.15, 0.2) is 0 Å². The number of hydrogen-bond acceptors (Lipinski definition) is 4. The Hall–Kier alpha value is -1.36. The van der Waals surface area contributed by atoms with Gasteiger partial charge < -0.3 is 19.8 Å². The van der Waals surface area contributed by atoms with E-state index in [1.165, 1.54) is 5.56 Å². The number of furan rings is 1. The molecule has 2 heterocycles. The van der Waals surface area contributed by atoms with Crippen LogP contribution in [0.15, 0.2) is 34.9 Å². The first kappa shape index (κ1) is 11.7. The summed E-state index contributed by atoms with van der Waals surface area (Å²) in [7, 11) is 1.96. The molecule has 1 aliphatic rings. The lowest BCUT2D eigenvalue weighted by atomic mass is 10.00. The van der Waals surface area contributed by atoms with Gasteiger partial charge in [-0.3, -0.25) is 0 Å². The highest BCUT2D eigenvalue weighted by Gasteiger charge is 2.27. The molecule has 4 heteroatoms. The Kier molecular flexibility index (Phi) is 3.32. The molecular weight excluding hydrogens is 228 g/mol. The van der Waals surface area contributed by atoms with Crippen molar-refractivity contribution in [2.24, 2.45) is 0 Å². The molecule has 0 aliphatic carbocycles. The number of benzene rings is 1. The van der Waals surface area contributed by atoms with Gasteiger partial charge in [-0.1, -0.05) is 18.2 Å². The van der Waals surface area contributed by atoms with Crippen LogP contribution in [0.3, 0.4) is 0 Å². The lowest BCUT2D eigenvalue weighted by Gasteiger charge is -2.30. The lowest BCUT2D eigenvalue weighted by Crippen LogP contribution is -2.45. The molecule has 4 nitrogen and oxygen atoms in total. The molecule has 1 aliphatic heterocycles. The normalized spacial score (nSPS) is 22.2. The lowest BCUT2D eigenvalue weighted by molar-refractivity contribution is 0.00551. The predicted molar refractivity (Wildman–Crippen MR) is 70.6 cm³/mol. The first-order valence-electron chi connectivity index (χ1n) is 6.36. The minimum absolute atomic E-state index is 0.143. The summed E-state index contributed by atoms with van der Waals surface area (Å²) >= 11 is 0. The Balaban J connectivity index is 1.95. The van der Waals surface area contributed by atoms with Gasteiger partial charge in [0.25, 0.3) is 0 Å². The van der Waals surface area contributed by atoms with Crippen molar-refractivity contribution in [1.82, 2.24) is 10.6 Å². The zero-order chi connectivity index (χ0) is 12.4. The molecule has 2 atom stereocenters. The van der Waals surface area contributed by atoms with Gasteiger partial charge in [-0.2, -0.15) is 0 Å². The van der Waals surface area contributed by atoms with E-state index < -0.39 is 0 Å². The Bertz CT molecular complexity index is 517. The summed E-state index contributed by atoms with van der Waals surface area (Å²) in [5, 5.41) is 7.86. The molecule has 2 unspecified atom stereocenters. The number of ether oxygens (including phenoxy) is 1. The van der Waals surface area contributed by atoms with Gasteiger partial charge in [-0.15, -0.1) is 0 Å². The molecule has 0 bridgehead atoms. The number of nitrogens with one attached hydrogen (secondary N) is 2. The Labute approximate surface area is 106 Å². The van der Waals surface area contributed by atoms with E-state index in [-0.39, 0.29) is 12.1 Å². The molecule has 1 aromatic heterocycles. The number of hydrogen-bond donors (Lipinski definition) is 2. The Morgan fingerprint density at radius 2 is 2.28 bits per heavy atom. The van der Waals surface area contributed by atoms with Crippen molar-refractivity contribution in [3.8, 4) is 0 Å². The van der Waals surface area contributed by atoms with Crippen LogP contribution >= 0.6 is 0 Å². The third-order valence-corrected chi connectivity index (χ3v) is 3.49. The fourth-order valence-electron chi connectivity index (χ4n) is 2.58. The summed E-state index contributed by atoms with van der Waals surface area (Å²) in [6, 6.07) is 8.26. The van der Waals surface area contributed by atoms with E-state index in [1.807, 2.05) is 31.5 Å². The van der Waals surface area contributed by atoms with Gasteiger partial charge in [0.2, 0.25) is 0 Å². The van der Waals surface area contributed by atoms with Crippen molar-refractivity contribution >= 4 is 11.0 Å². The van der Waals surface area contributed by atoms with Gasteiger partial charge in [0, 0.05) is 24.0 Å². The summed E-state index contributed by atoms with van der Waals surface area (Å²) in [5.74, 6) is 0. The molecular formula is C14H18N2O2. The van der Waals surface area contributed by atoms with Crippen LogP contribution in [0.25, 0.3) is 11.0 Å². The van der Waals surface area contributed by atoms with Crippen LogP contribution < -0.4 is 10.6 Å². The fraction of sp³-hybridized carbons (Fsp3) is 0.429. The van der Waals surface area contributed by atoms with Crippen LogP contribution in [0.5, 0.6) is 0 Å². The highest BCUT2D eigenvalue weighted by molar-refractivity contribution is 5.81. The van der Waals surface area contributed by atoms with Gasteiger partial charge in [0.05, 0.1) is 25.0 Å². The molecule has 1 aromatic carbocycles. The van der Waals surface area contributed by atoms with Crippen LogP contribution in [0, 0.1) is 0 Å². The first-order chi connectivity index (χ1) is 8.90. The standard InChI is InChI=1S/C14H18N2O2/c1-15-14(13-8-16-6-7-17-13)11-9-18-12-5-3-2-4-10(11)12/h2-5,9,13-16H,6-8H2,1H3. The van der Waals surface area contributed by atoms with Crippen LogP contribution in [-0.4, -0.2) is 32.8 Å². The molecule has 2 N–H and O–H groups in total. The molecule has 96 valence electrons. The quantitative estimate of drug-likeness (QED) is 0.865. The van der Waals surface area contributed by atoms with Crippen LogP contribution in [-0.2, 0) is 4.74 Å². The molecule has 0 saturated carbocycles. The van der Waals surface area contributed by atoms with E-state index in [2.05, 4.69) is 16.7 Å². The van der Waals surface area contributed by atoms with Crippen molar-refractivity contribution in [2.45, 2.75) is 12.1 Å². The second kappa shape index (κ2) is 5.10. The predicted octanol–water partition coefficient (Wildman–Crippen LogP) is 1.68. The van der Waals surface area contributed by atoms with E-state index in [0.29, 0.717) is 0 Å². The van der Waals surface area contributed by atoms with Crippen molar-refractivity contribution in [1.29, 1.82) is 0 Å². The van der Waals surface area contributed by atoms with Crippen molar-refractivity contribution in [3.05, 3.63) is 36.1 Å². The van der Waals surface area contributed by atoms with Gasteiger partial charge >= 0.3 is 0 Å². The zero-order valence-corrected chi connectivity index (χ0v) is 10.5. The van der Waals surface area contributed by atoms with E-state index in [0.717, 1.165) is 30.7 Å². The smallest absolute Gasteiger partial charge is 0.134 e. The van der Waals surface area contributed by atoms with E-state index in [9.17, 15) is 0 Å². The SMILES string of the molecule is CNC(c1coc2ccccc12)C1CNCCO1. The topological polar surface area (TPSA) is 46.4 Å². The number of morpholine rings is 1. The van der Waals surface area contributed by atoms with Gasteiger partial charge in [-0.05, 0) is 13.1 Å². The summed E-state index contributed by atoms with van der Waals surface area (Å²) in [6.07, 6.45) is 1.98. The first-order valence-corrected chi connectivity index (χ1v) is 6.36. The monoisotopic (exact) mass is 246 g/mol. The third kappa shape index (κ3) is 2.03. The molecule has 18 heavy (non-hydrogen) atoms. The molecule has 0 amide bonds. The van der Waals surface area contributed by atoms with Crippen molar-refractivity contribution in [3.63, 3.8) is 0 Å². The molecule has 3 rings (SSSR count). The van der Waals surface area contributed by atoms with Crippen molar-refractivity contribution in [2.75, 3.05) is 26.7 Å². The zero-order valence-electron chi connectivity index (χ0n) is 10.5. The van der Waals surface area contributed by atoms with E-state index in [1.54, 1.807) is 0 Å². The largest absolute Gasteiger partial charge is 0.464 e. The summed E-state index contributed by atoms with van der Waals surface area (Å²) in [4.78, 5) is 0. The number of likely N-dealkylation sites (N-methyl/N-ethyl adjacent to an activating group) is 1. The third-order valence-electron chi connectivity index (χ3n) is 3.49. The summed E-state index contributed by atoms with van der Waals surface area (Å²) in [6.45, 7) is 2.56. The number of rotatable bonds is 3. The average molecular weight is 246 g/mol. The number of fused-ring (bicyclic) bond motifs is 1. The molecule has 0 radical (unpaired) electrons. The number of para-hydroxylation sites is 1. The fourth-order valence-corrected chi connectivity index (χ4v) is 2.58. The highest BCUT2D eigenvalue weighted by atomic mass is 16.5. The Morgan fingerprint density at radius 1 is 1.39 bits per heavy atom. The molecule has 2 aromatic rings. The van der Waals surface area contributed by atoms with Crippen LogP contribution in [0.1, 0.15) is 11.6 Å². The highest BCUT2D eigenvalue weighted by Crippen LogP contribution is 2.29. The minimum atomic E-state index is 0.143. The molecule has 1 fully saturated rings. The Morgan fingerprint density at radius 3 is 3.06 bits per heavy atom. The van der Waals surface area contributed by atoms with Crippen LogP contribution in [0.2, 0.25) is 0 Å². The molecule has 1 saturated heterocycles. The maximum absolute atomic E-state index is 5.84. The second-order valence-corrected chi connectivity index (χ2v) is 4.57. The van der Waals surface area contributed by atoms with Gasteiger partial charge in [0.1, 0.15) is 5.58 Å². The summed E-state index contributed by atoms with van der Waals surface area (Å²) in [5.41, 5.74) is 2.10. The maximum atomic E-state index is 5.84. The second-order valence-electron chi connectivity index (χ2n) is 4.57. The average Bonchev–Trinajstić information content (AvgIpc) is 2.85. The van der Waals surface area contributed by atoms with E-state index in [4.69, 9.17) is 9.15 Å². The van der Waals surface area contributed by atoms with Crippen molar-refractivity contribution < 1.29 is 9.15 Å². The van der Waals surface area contributed by atoms with Gasteiger partial charge in [-0.25, -0.2) is 0 Å². The minimum Gasteiger partial charge on any atom is -0.464 e.